The summed E-state index contributed by atoms with van der Waals surface area (Å²) in [6.07, 6.45) is 14.8. The number of unbranched alkanes of at least 4 members (excludes halogenated alkanes) is 7. The molecule has 3 nitrogen and oxygen atoms in total. The van der Waals surface area contributed by atoms with Gasteiger partial charge in [-0.15, -0.1) is 0 Å². The Bertz CT molecular complexity index is 321. The number of hydrogen-bond donors (Lipinski definition) is 0. The Hall–Kier alpha value is -0.990. The third kappa shape index (κ3) is 38.5. The van der Waals surface area contributed by atoms with Crippen molar-refractivity contribution < 1.29 is 14.4 Å². The zero-order valence-corrected chi connectivity index (χ0v) is 18.6. The lowest BCUT2D eigenvalue weighted by molar-refractivity contribution is -0.119. The van der Waals surface area contributed by atoms with Crippen LogP contribution in [0.25, 0.3) is 0 Å². The molecule has 0 aliphatic carbocycles. The minimum Gasteiger partial charge on any atom is -0.300 e. The largest absolute Gasteiger partial charge is 0.300 e. The zero-order chi connectivity index (χ0) is 20.6. The minimum absolute atomic E-state index is 0.318. The van der Waals surface area contributed by atoms with E-state index in [9.17, 15) is 14.4 Å². The average Bonchev–Trinajstić information content (AvgIpc) is 2.60. The van der Waals surface area contributed by atoms with Gasteiger partial charge in [0.1, 0.15) is 17.3 Å². The third-order valence-electron chi connectivity index (χ3n) is 3.97. The van der Waals surface area contributed by atoms with Gasteiger partial charge in [0, 0.05) is 25.7 Å². The molecule has 0 aliphatic heterocycles. The van der Waals surface area contributed by atoms with Crippen molar-refractivity contribution in [2.24, 2.45) is 0 Å². The Kier molecular flexibility index (Phi) is 30.0. The van der Waals surface area contributed by atoms with E-state index in [1.807, 2.05) is 6.92 Å². The van der Waals surface area contributed by atoms with Crippen LogP contribution in [-0.2, 0) is 14.4 Å². The summed E-state index contributed by atoms with van der Waals surface area (Å²) in [6.45, 7) is 11.7. The molecule has 3 heteroatoms. The normalized spacial score (nSPS) is 9.46. The van der Waals surface area contributed by atoms with Crippen LogP contribution in [0, 0.1) is 0 Å². The molecule has 0 aromatic carbocycles. The molecule has 0 radical (unpaired) electrons. The van der Waals surface area contributed by atoms with E-state index in [1.54, 1.807) is 13.8 Å². The van der Waals surface area contributed by atoms with Gasteiger partial charge < -0.3 is 9.59 Å². The highest BCUT2D eigenvalue weighted by Crippen LogP contribution is 2.02. The van der Waals surface area contributed by atoms with Crippen LogP contribution in [0.2, 0.25) is 0 Å². The molecule has 0 bridgehead atoms. The lowest BCUT2D eigenvalue weighted by atomic mass is 10.1. The molecule has 0 heterocycles. The molecule has 0 saturated heterocycles. The third-order valence-corrected chi connectivity index (χ3v) is 3.97. The van der Waals surface area contributed by atoms with E-state index in [1.165, 1.54) is 44.9 Å². The van der Waals surface area contributed by atoms with Gasteiger partial charge in [0.05, 0.1) is 0 Å². The van der Waals surface area contributed by atoms with Crippen LogP contribution < -0.4 is 0 Å². The maximum absolute atomic E-state index is 10.7. The highest BCUT2D eigenvalue weighted by Gasteiger charge is 1.95. The second-order valence-corrected chi connectivity index (χ2v) is 7.02. The molecule has 0 saturated carbocycles. The molecule has 0 fully saturated rings. The number of ketones is 3. The Labute approximate surface area is 163 Å². The van der Waals surface area contributed by atoms with Crippen LogP contribution in [-0.4, -0.2) is 17.3 Å². The van der Waals surface area contributed by atoms with E-state index in [0.717, 1.165) is 38.5 Å². The number of Topliss-reactive ketones (excluding diaryl/α,β-unsaturated/α-hetero) is 3. The SMILES string of the molecule is CCCCCC(=O)CC.CCCCCC(C)=O.CCCCCCC(C)=O. The van der Waals surface area contributed by atoms with E-state index in [2.05, 4.69) is 20.8 Å². The summed E-state index contributed by atoms with van der Waals surface area (Å²) in [5.41, 5.74) is 0. The minimum atomic E-state index is 0.318. The molecule has 156 valence electrons. The standard InChI is InChI=1S/2C8H16O.C7H14O/c1-3-4-5-6-7-8(2)9;1-3-5-6-7-8(9)4-2;1-3-4-5-6-7(2)8/h2*3-7H2,1-2H3;3-6H2,1-2H3. The Morgan fingerprint density at radius 3 is 1.19 bits per heavy atom. The molecule has 0 aromatic heterocycles. The zero-order valence-electron chi connectivity index (χ0n) is 18.6. The Morgan fingerprint density at radius 2 is 0.846 bits per heavy atom. The summed E-state index contributed by atoms with van der Waals surface area (Å²) in [5, 5.41) is 0. The fourth-order valence-electron chi connectivity index (χ4n) is 2.17. The average molecular weight is 371 g/mol. The van der Waals surface area contributed by atoms with Crippen molar-refractivity contribution in [1.29, 1.82) is 0 Å². The van der Waals surface area contributed by atoms with Crippen LogP contribution in [0.4, 0.5) is 0 Å². The van der Waals surface area contributed by atoms with Crippen molar-refractivity contribution in [2.75, 3.05) is 0 Å². The molecule has 26 heavy (non-hydrogen) atoms. The van der Waals surface area contributed by atoms with Gasteiger partial charge in [-0.3, -0.25) is 4.79 Å². The van der Waals surface area contributed by atoms with Gasteiger partial charge in [0.2, 0.25) is 0 Å². The Balaban J connectivity index is -0.000000306. The fourth-order valence-corrected chi connectivity index (χ4v) is 2.17. The summed E-state index contributed by atoms with van der Waals surface area (Å²) in [7, 11) is 0. The fraction of sp³-hybridized carbons (Fsp3) is 0.870. The van der Waals surface area contributed by atoms with Gasteiger partial charge in [0.25, 0.3) is 0 Å². The van der Waals surface area contributed by atoms with E-state index in [0.29, 0.717) is 23.8 Å². The van der Waals surface area contributed by atoms with E-state index >= 15 is 0 Å². The van der Waals surface area contributed by atoms with Crippen molar-refractivity contribution in [3.05, 3.63) is 0 Å². The van der Waals surface area contributed by atoms with Gasteiger partial charge in [-0.25, -0.2) is 0 Å². The molecule has 0 spiro atoms. The molecule has 0 rings (SSSR count). The molecular weight excluding hydrogens is 324 g/mol. The van der Waals surface area contributed by atoms with Crippen molar-refractivity contribution in [3.63, 3.8) is 0 Å². The predicted molar refractivity (Wildman–Crippen MR) is 114 cm³/mol. The quantitative estimate of drug-likeness (QED) is 0.303. The first-order chi connectivity index (χ1) is 12.3. The number of rotatable bonds is 14. The highest BCUT2D eigenvalue weighted by molar-refractivity contribution is 5.77. The van der Waals surface area contributed by atoms with Crippen molar-refractivity contribution >= 4 is 17.3 Å². The van der Waals surface area contributed by atoms with E-state index in [4.69, 9.17) is 0 Å². The van der Waals surface area contributed by atoms with Crippen LogP contribution in [0.1, 0.15) is 131 Å². The molecule has 0 atom stereocenters. The lowest BCUT2D eigenvalue weighted by Crippen LogP contribution is -1.93. The summed E-state index contributed by atoms with van der Waals surface area (Å²) in [4.78, 5) is 31.4. The van der Waals surface area contributed by atoms with Gasteiger partial charge >= 0.3 is 0 Å². The predicted octanol–water partition coefficient (Wildman–Crippen LogP) is 7.25. The summed E-state index contributed by atoms with van der Waals surface area (Å²) < 4.78 is 0. The second kappa shape index (κ2) is 26.2. The number of carbonyl (C=O) groups excluding carboxylic acids is 3. The first-order valence-electron chi connectivity index (χ1n) is 10.9. The molecular formula is C23H46O3. The van der Waals surface area contributed by atoms with Gasteiger partial charge in [-0.05, 0) is 33.1 Å². The second-order valence-electron chi connectivity index (χ2n) is 7.02. The summed E-state index contributed by atoms with van der Waals surface area (Å²) in [6, 6.07) is 0. The molecule has 0 amide bonds. The van der Waals surface area contributed by atoms with Gasteiger partial charge in [-0.2, -0.15) is 0 Å². The molecule has 0 unspecified atom stereocenters. The number of hydrogen-bond acceptors (Lipinski definition) is 3. The van der Waals surface area contributed by atoms with E-state index in [-0.39, 0.29) is 0 Å². The maximum Gasteiger partial charge on any atom is 0.132 e. The first kappa shape index (κ1) is 29.8. The topological polar surface area (TPSA) is 51.2 Å². The van der Waals surface area contributed by atoms with Crippen molar-refractivity contribution in [1.82, 2.24) is 0 Å². The number of carbonyl (C=O) groups is 3. The van der Waals surface area contributed by atoms with Crippen molar-refractivity contribution in [3.8, 4) is 0 Å². The molecule has 0 aliphatic rings. The van der Waals surface area contributed by atoms with Crippen LogP contribution in [0.3, 0.4) is 0 Å². The van der Waals surface area contributed by atoms with Crippen molar-refractivity contribution in [2.45, 2.75) is 131 Å². The van der Waals surface area contributed by atoms with Gasteiger partial charge in [0.15, 0.2) is 0 Å². The van der Waals surface area contributed by atoms with Gasteiger partial charge in [-0.1, -0.05) is 72.6 Å². The highest BCUT2D eigenvalue weighted by atomic mass is 16.1. The summed E-state index contributed by atoms with van der Waals surface area (Å²) in [5.74, 6) is 1.05. The monoisotopic (exact) mass is 370 g/mol. The molecule has 0 N–H and O–H groups in total. The summed E-state index contributed by atoms with van der Waals surface area (Å²) >= 11 is 0. The van der Waals surface area contributed by atoms with Crippen LogP contribution in [0.5, 0.6) is 0 Å². The maximum atomic E-state index is 10.7. The molecule has 0 aromatic rings. The van der Waals surface area contributed by atoms with Crippen LogP contribution >= 0.6 is 0 Å². The smallest absolute Gasteiger partial charge is 0.132 e. The lowest BCUT2D eigenvalue weighted by Gasteiger charge is -1.93. The van der Waals surface area contributed by atoms with Crippen LogP contribution in [0.15, 0.2) is 0 Å². The first-order valence-corrected chi connectivity index (χ1v) is 10.9. The van der Waals surface area contributed by atoms with E-state index < -0.39 is 0 Å². The Morgan fingerprint density at radius 1 is 0.500 bits per heavy atom.